The molecule has 0 aliphatic carbocycles. The lowest BCUT2D eigenvalue weighted by atomic mass is 9.96. The summed E-state index contributed by atoms with van der Waals surface area (Å²) in [6.07, 6.45) is 9.20. The fourth-order valence-corrected chi connectivity index (χ4v) is 4.10. The third-order valence-corrected chi connectivity index (χ3v) is 5.31. The minimum atomic E-state index is 0.603. The van der Waals surface area contributed by atoms with E-state index in [0.29, 0.717) is 5.92 Å². The molecule has 1 aliphatic rings. The largest absolute Gasteiger partial charge is 0.305 e. The van der Waals surface area contributed by atoms with Crippen LogP contribution in [-0.4, -0.2) is 57.8 Å². The molecule has 26 heavy (non-hydrogen) atoms. The van der Waals surface area contributed by atoms with E-state index in [4.69, 9.17) is 0 Å². The molecule has 0 bridgehead atoms. The summed E-state index contributed by atoms with van der Waals surface area (Å²) in [5, 5.41) is 6.89. The first kappa shape index (κ1) is 17.2. The van der Waals surface area contributed by atoms with Crippen LogP contribution in [0, 0.1) is 5.92 Å². The smallest absolute Gasteiger partial charge is 0.0534 e. The van der Waals surface area contributed by atoms with Crippen LogP contribution in [0.15, 0.2) is 49.1 Å². The molecule has 5 heteroatoms. The maximum Gasteiger partial charge on any atom is 0.0534 e. The zero-order chi connectivity index (χ0) is 17.9. The highest BCUT2D eigenvalue weighted by Gasteiger charge is 2.22. The average molecular weight is 349 g/mol. The van der Waals surface area contributed by atoms with Gasteiger partial charge in [0.25, 0.3) is 0 Å². The SMILES string of the molecule is CN1CCN(Cc2cnn(C)c2)C[C@H](Cc2cncc3ccccc23)C1. The number of pyridine rings is 1. The lowest BCUT2D eigenvalue weighted by Gasteiger charge is -2.24. The molecule has 1 aliphatic heterocycles. The van der Waals surface area contributed by atoms with Crippen LogP contribution in [0.3, 0.4) is 0 Å². The van der Waals surface area contributed by atoms with Crippen molar-refractivity contribution in [2.24, 2.45) is 13.0 Å². The van der Waals surface area contributed by atoms with Crippen molar-refractivity contribution in [2.45, 2.75) is 13.0 Å². The molecule has 1 fully saturated rings. The molecule has 0 unspecified atom stereocenters. The Balaban J connectivity index is 1.52. The van der Waals surface area contributed by atoms with Crippen LogP contribution >= 0.6 is 0 Å². The lowest BCUT2D eigenvalue weighted by molar-refractivity contribution is 0.249. The van der Waals surface area contributed by atoms with Gasteiger partial charge in [0.15, 0.2) is 0 Å². The molecule has 3 aromatic rings. The fraction of sp³-hybridized carbons (Fsp3) is 0.429. The lowest BCUT2D eigenvalue weighted by Crippen LogP contribution is -2.30. The topological polar surface area (TPSA) is 37.2 Å². The Bertz CT molecular complexity index is 866. The molecule has 2 aromatic heterocycles. The zero-order valence-corrected chi connectivity index (χ0v) is 15.7. The summed E-state index contributed by atoms with van der Waals surface area (Å²) in [6.45, 7) is 5.45. The van der Waals surface area contributed by atoms with Gasteiger partial charge in [-0.05, 0) is 30.3 Å². The van der Waals surface area contributed by atoms with E-state index in [1.54, 1.807) is 0 Å². The third-order valence-electron chi connectivity index (χ3n) is 5.31. The Kier molecular flexibility index (Phi) is 5.00. The first-order valence-electron chi connectivity index (χ1n) is 9.37. The third kappa shape index (κ3) is 3.94. The molecule has 0 amide bonds. The molecule has 0 saturated carbocycles. The van der Waals surface area contributed by atoms with Gasteiger partial charge in [0.1, 0.15) is 0 Å². The van der Waals surface area contributed by atoms with Crippen molar-refractivity contribution in [1.29, 1.82) is 0 Å². The molecule has 4 rings (SSSR count). The predicted molar refractivity (Wildman–Crippen MR) is 105 cm³/mol. The summed E-state index contributed by atoms with van der Waals surface area (Å²) in [5.41, 5.74) is 2.66. The van der Waals surface area contributed by atoms with Crippen LogP contribution in [0.2, 0.25) is 0 Å². The standard InChI is InChI=1S/C21H27N5/c1-24-7-8-26(16-18-10-23-25(2)14-18)15-17(13-24)9-20-12-22-11-19-5-3-4-6-21(19)20/h3-6,10-12,14,17H,7-9,13,15-16H2,1-2H3/t17-/m1/s1. The van der Waals surface area contributed by atoms with Crippen molar-refractivity contribution >= 4 is 10.8 Å². The number of benzene rings is 1. The maximum atomic E-state index is 4.47. The molecule has 1 saturated heterocycles. The first-order valence-corrected chi connectivity index (χ1v) is 9.37. The second-order valence-corrected chi connectivity index (χ2v) is 7.61. The van der Waals surface area contributed by atoms with Gasteiger partial charge in [-0.3, -0.25) is 14.6 Å². The molecule has 0 N–H and O–H groups in total. The van der Waals surface area contributed by atoms with Gasteiger partial charge in [-0.25, -0.2) is 0 Å². The highest BCUT2D eigenvalue weighted by atomic mass is 15.3. The van der Waals surface area contributed by atoms with E-state index in [1.807, 2.05) is 24.1 Å². The molecule has 1 aromatic carbocycles. The van der Waals surface area contributed by atoms with E-state index in [2.05, 4.69) is 63.6 Å². The van der Waals surface area contributed by atoms with Gasteiger partial charge in [-0.2, -0.15) is 5.10 Å². The Morgan fingerprint density at radius 1 is 1.04 bits per heavy atom. The number of rotatable bonds is 4. The highest BCUT2D eigenvalue weighted by Crippen LogP contribution is 2.22. The number of aryl methyl sites for hydroxylation is 1. The number of hydrogen-bond donors (Lipinski definition) is 0. The summed E-state index contributed by atoms with van der Waals surface area (Å²) in [4.78, 5) is 9.51. The molecule has 5 nitrogen and oxygen atoms in total. The van der Waals surface area contributed by atoms with Crippen LogP contribution in [-0.2, 0) is 20.0 Å². The Morgan fingerprint density at radius 3 is 2.77 bits per heavy atom. The van der Waals surface area contributed by atoms with Crippen LogP contribution in [0.4, 0.5) is 0 Å². The van der Waals surface area contributed by atoms with Gasteiger partial charge in [-0.1, -0.05) is 24.3 Å². The predicted octanol–water partition coefficient (Wildman–Crippen LogP) is 2.57. The van der Waals surface area contributed by atoms with Crippen molar-refractivity contribution in [1.82, 2.24) is 24.6 Å². The van der Waals surface area contributed by atoms with Crippen LogP contribution in [0.1, 0.15) is 11.1 Å². The number of hydrogen-bond acceptors (Lipinski definition) is 4. The van der Waals surface area contributed by atoms with E-state index in [9.17, 15) is 0 Å². The number of fused-ring (bicyclic) bond motifs is 1. The second kappa shape index (κ2) is 7.56. The first-order chi connectivity index (χ1) is 12.7. The normalized spacial score (nSPS) is 19.7. The summed E-state index contributed by atoms with van der Waals surface area (Å²) in [6, 6.07) is 8.59. The number of aromatic nitrogens is 3. The Labute approximate surface area is 155 Å². The highest BCUT2D eigenvalue weighted by molar-refractivity contribution is 5.84. The molecule has 0 spiro atoms. The molecular formula is C21H27N5. The molecule has 0 radical (unpaired) electrons. The minimum absolute atomic E-state index is 0.603. The van der Waals surface area contributed by atoms with Crippen LogP contribution in [0.25, 0.3) is 10.8 Å². The quantitative estimate of drug-likeness (QED) is 0.725. The van der Waals surface area contributed by atoms with Crippen LogP contribution in [0.5, 0.6) is 0 Å². The van der Waals surface area contributed by atoms with E-state index >= 15 is 0 Å². The number of likely N-dealkylation sites (N-methyl/N-ethyl adjacent to an activating group) is 1. The van der Waals surface area contributed by atoms with Gasteiger partial charge in [0, 0.05) is 69.3 Å². The van der Waals surface area contributed by atoms with Crippen molar-refractivity contribution < 1.29 is 0 Å². The van der Waals surface area contributed by atoms with E-state index in [0.717, 1.165) is 39.1 Å². The fourth-order valence-electron chi connectivity index (χ4n) is 4.10. The Morgan fingerprint density at radius 2 is 1.92 bits per heavy atom. The summed E-state index contributed by atoms with van der Waals surface area (Å²) >= 11 is 0. The van der Waals surface area contributed by atoms with Gasteiger partial charge in [0.05, 0.1) is 6.20 Å². The van der Waals surface area contributed by atoms with Gasteiger partial charge in [0.2, 0.25) is 0 Å². The molecule has 3 heterocycles. The summed E-state index contributed by atoms with van der Waals surface area (Å²) < 4.78 is 1.89. The minimum Gasteiger partial charge on any atom is -0.305 e. The van der Waals surface area contributed by atoms with Crippen molar-refractivity contribution in [3.8, 4) is 0 Å². The van der Waals surface area contributed by atoms with Crippen LogP contribution < -0.4 is 0 Å². The summed E-state index contributed by atoms with van der Waals surface area (Å²) in [5.74, 6) is 0.603. The average Bonchev–Trinajstić information content (AvgIpc) is 2.96. The molecule has 136 valence electrons. The number of nitrogens with zero attached hydrogens (tertiary/aromatic N) is 5. The Hall–Kier alpha value is -2.24. The van der Waals surface area contributed by atoms with E-state index in [1.165, 1.54) is 21.9 Å². The second-order valence-electron chi connectivity index (χ2n) is 7.61. The zero-order valence-electron chi connectivity index (χ0n) is 15.7. The monoisotopic (exact) mass is 349 g/mol. The van der Waals surface area contributed by atoms with Crippen molar-refractivity contribution in [3.05, 3.63) is 60.2 Å². The van der Waals surface area contributed by atoms with Crippen molar-refractivity contribution in [2.75, 3.05) is 33.2 Å². The van der Waals surface area contributed by atoms with Crippen molar-refractivity contribution in [3.63, 3.8) is 0 Å². The van der Waals surface area contributed by atoms with Gasteiger partial charge in [-0.15, -0.1) is 0 Å². The van der Waals surface area contributed by atoms with Gasteiger partial charge >= 0.3 is 0 Å². The maximum absolute atomic E-state index is 4.47. The van der Waals surface area contributed by atoms with Gasteiger partial charge < -0.3 is 4.90 Å². The molecule has 1 atom stereocenters. The van der Waals surface area contributed by atoms with E-state index < -0.39 is 0 Å². The molecular weight excluding hydrogens is 322 g/mol. The summed E-state index contributed by atoms with van der Waals surface area (Å²) in [7, 11) is 4.22. The van der Waals surface area contributed by atoms with E-state index in [-0.39, 0.29) is 0 Å².